The van der Waals surface area contributed by atoms with E-state index in [9.17, 15) is 9.59 Å². The number of amides is 2. The Balaban J connectivity index is 1.62. The van der Waals surface area contributed by atoms with Gasteiger partial charge in [-0.1, -0.05) is 36.4 Å². The molecule has 1 atom stereocenters. The highest BCUT2D eigenvalue weighted by atomic mass is 16.2. The lowest BCUT2D eigenvalue weighted by atomic mass is 10.1. The first-order valence-corrected chi connectivity index (χ1v) is 8.30. The Labute approximate surface area is 147 Å². The van der Waals surface area contributed by atoms with Crippen LogP contribution in [0.1, 0.15) is 23.1 Å². The standard InChI is InChI=1S/C20H21N3O2/c1-14-8-9-18(10-15(14)2)23-13-17(11-19(23)24)20(25)22-21-12-16-6-4-3-5-7-16/h3-10,12,17H,11,13H2,1-2H3,(H,22,25)/b21-12-/t17-/m1/s1. The molecular weight excluding hydrogens is 314 g/mol. The largest absolute Gasteiger partial charge is 0.312 e. The summed E-state index contributed by atoms with van der Waals surface area (Å²) >= 11 is 0. The first-order chi connectivity index (χ1) is 12.0. The molecule has 1 fully saturated rings. The van der Waals surface area contributed by atoms with Gasteiger partial charge in [0.15, 0.2) is 0 Å². The molecule has 25 heavy (non-hydrogen) atoms. The smallest absolute Gasteiger partial charge is 0.245 e. The van der Waals surface area contributed by atoms with Crippen LogP contribution >= 0.6 is 0 Å². The highest BCUT2D eigenvalue weighted by molar-refractivity contribution is 6.00. The molecule has 3 rings (SSSR count). The summed E-state index contributed by atoms with van der Waals surface area (Å²) in [5.74, 6) is -0.649. The maximum Gasteiger partial charge on any atom is 0.245 e. The van der Waals surface area contributed by atoms with Crippen LogP contribution < -0.4 is 10.3 Å². The van der Waals surface area contributed by atoms with Crippen LogP contribution in [0.2, 0.25) is 0 Å². The summed E-state index contributed by atoms with van der Waals surface area (Å²) in [4.78, 5) is 26.2. The van der Waals surface area contributed by atoms with Gasteiger partial charge in [-0.05, 0) is 42.7 Å². The van der Waals surface area contributed by atoms with Crippen LogP contribution in [0.4, 0.5) is 5.69 Å². The summed E-state index contributed by atoms with van der Waals surface area (Å²) < 4.78 is 0. The van der Waals surface area contributed by atoms with E-state index in [2.05, 4.69) is 10.5 Å². The van der Waals surface area contributed by atoms with Gasteiger partial charge in [0.1, 0.15) is 0 Å². The summed E-state index contributed by atoms with van der Waals surface area (Å²) in [5, 5.41) is 3.98. The van der Waals surface area contributed by atoms with Gasteiger partial charge in [0.05, 0.1) is 12.1 Å². The number of carbonyl (C=O) groups is 2. The molecule has 2 amide bonds. The fraction of sp³-hybridized carbons (Fsp3) is 0.250. The molecule has 1 aliphatic heterocycles. The zero-order valence-electron chi connectivity index (χ0n) is 14.4. The maximum atomic E-state index is 12.3. The molecule has 5 nitrogen and oxygen atoms in total. The normalized spacial score (nSPS) is 17.3. The van der Waals surface area contributed by atoms with Crippen molar-refractivity contribution in [1.82, 2.24) is 5.43 Å². The van der Waals surface area contributed by atoms with Crippen LogP contribution in [0.5, 0.6) is 0 Å². The number of anilines is 1. The second-order valence-electron chi connectivity index (χ2n) is 6.32. The number of nitrogens with one attached hydrogen (secondary N) is 1. The number of aryl methyl sites for hydroxylation is 2. The fourth-order valence-corrected chi connectivity index (χ4v) is 2.83. The Kier molecular flexibility index (Phi) is 4.93. The lowest BCUT2D eigenvalue weighted by Crippen LogP contribution is -2.30. The van der Waals surface area contributed by atoms with Gasteiger partial charge in [0.25, 0.3) is 0 Å². The van der Waals surface area contributed by atoms with Gasteiger partial charge in [-0.25, -0.2) is 5.43 Å². The van der Waals surface area contributed by atoms with Gasteiger partial charge in [-0.3, -0.25) is 9.59 Å². The Morgan fingerprint density at radius 3 is 2.64 bits per heavy atom. The zero-order valence-corrected chi connectivity index (χ0v) is 14.4. The van der Waals surface area contributed by atoms with Crippen molar-refractivity contribution in [3.63, 3.8) is 0 Å². The van der Waals surface area contributed by atoms with Gasteiger partial charge < -0.3 is 4.90 Å². The topological polar surface area (TPSA) is 61.8 Å². The third-order valence-electron chi connectivity index (χ3n) is 4.49. The van der Waals surface area contributed by atoms with Crippen LogP contribution in [-0.4, -0.2) is 24.6 Å². The molecule has 128 valence electrons. The van der Waals surface area contributed by atoms with Crippen molar-refractivity contribution in [1.29, 1.82) is 0 Å². The molecule has 0 saturated carbocycles. The van der Waals surface area contributed by atoms with E-state index in [1.54, 1.807) is 11.1 Å². The molecule has 2 aromatic rings. The van der Waals surface area contributed by atoms with Crippen LogP contribution in [0.15, 0.2) is 53.6 Å². The zero-order chi connectivity index (χ0) is 17.8. The van der Waals surface area contributed by atoms with Crippen molar-refractivity contribution in [2.45, 2.75) is 20.3 Å². The van der Waals surface area contributed by atoms with Crippen LogP contribution in [0, 0.1) is 19.8 Å². The monoisotopic (exact) mass is 335 g/mol. The number of carbonyl (C=O) groups excluding carboxylic acids is 2. The van der Waals surface area contributed by atoms with Crippen molar-refractivity contribution < 1.29 is 9.59 Å². The number of nitrogens with zero attached hydrogens (tertiary/aromatic N) is 2. The summed E-state index contributed by atoms with van der Waals surface area (Å²) in [6, 6.07) is 15.4. The van der Waals surface area contributed by atoms with Crippen molar-refractivity contribution in [3.8, 4) is 0 Å². The second kappa shape index (κ2) is 7.30. The minimum absolute atomic E-state index is 0.0320. The third-order valence-corrected chi connectivity index (χ3v) is 4.49. The van der Waals surface area contributed by atoms with Crippen molar-refractivity contribution >= 4 is 23.7 Å². The highest BCUT2D eigenvalue weighted by Crippen LogP contribution is 2.26. The van der Waals surface area contributed by atoms with Crippen LogP contribution in [0.25, 0.3) is 0 Å². The Hall–Kier alpha value is -2.95. The predicted molar refractivity (Wildman–Crippen MR) is 98.6 cm³/mol. The molecule has 0 aliphatic carbocycles. The fourth-order valence-electron chi connectivity index (χ4n) is 2.83. The molecule has 0 bridgehead atoms. The first-order valence-electron chi connectivity index (χ1n) is 8.30. The molecule has 0 aromatic heterocycles. The average Bonchev–Trinajstić information content (AvgIpc) is 3.00. The lowest BCUT2D eigenvalue weighted by Gasteiger charge is -2.17. The first kappa shape index (κ1) is 16.9. The van der Waals surface area contributed by atoms with E-state index in [4.69, 9.17) is 0 Å². The summed E-state index contributed by atoms with van der Waals surface area (Å²) in [7, 11) is 0. The van der Waals surface area contributed by atoms with Crippen LogP contribution in [0.3, 0.4) is 0 Å². The molecule has 1 N–H and O–H groups in total. The quantitative estimate of drug-likeness (QED) is 0.690. The lowest BCUT2D eigenvalue weighted by molar-refractivity contribution is -0.126. The average molecular weight is 335 g/mol. The molecule has 0 radical (unpaired) electrons. The van der Waals surface area contributed by atoms with Crippen molar-refractivity contribution in [3.05, 3.63) is 65.2 Å². The van der Waals surface area contributed by atoms with Crippen molar-refractivity contribution in [2.75, 3.05) is 11.4 Å². The van der Waals surface area contributed by atoms with E-state index < -0.39 is 0 Å². The van der Waals surface area contributed by atoms with Gasteiger partial charge in [0.2, 0.25) is 11.8 Å². The van der Waals surface area contributed by atoms with Crippen LogP contribution in [-0.2, 0) is 9.59 Å². The number of hydrogen-bond donors (Lipinski definition) is 1. The maximum absolute atomic E-state index is 12.3. The van der Waals surface area contributed by atoms with E-state index in [-0.39, 0.29) is 24.2 Å². The summed E-state index contributed by atoms with van der Waals surface area (Å²) in [6.45, 7) is 4.43. The third kappa shape index (κ3) is 3.94. The summed E-state index contributed by atoms with van der Waals surface area (Å²) in [5.41, 5.74) is 6.60. The SMILES string of the molecule is Cc1ccc(N2C[C@H](C(=O)N/N=C\c3ccccc3)CC2=O)cc1C. The van der Waals surface area contributed by atoms with E-state index >= 15 is 0 Å². The molecule has 1 heterocycles. The van der Waals surface area contributed by atoms with Gasteiger partial charge >= 0.3 is 0 Å². The van der Waals surface area contributed by atoms with E-state index in [0.717, 1.165) is 16.8 Å². The Morgan fingerprint density at radius 1 is 1.16 bits per heavy atom. The number of hydrogen-bond acceptors (Lipinski definition) is 3. The van der Waals surface area contributed by atoms with Gasteiger partial charge in [-0.2, -0.15) is 5.10 Å². The number of rotatable bonds is 4. The van der Waals surface area contributed by atoms with Crippen molar-refractivity contribution in [2.24, 2.45) is 11.0 Å². The van der Waals surface area contributed by atoms with Gasteiger partial charge in [0, 0.05) is 18.7 Å². The molecular formula is C20H21N3O2. The number of benzene rings is 2. The number of hydrazone groups is 1. The minimum Gasteiger partial charge on any atom is -0.312 e. The molecule has 5 heteroatoms. The molecule has 2 aromatic carbocycles. The van der Waals surface area contributed by atoms with E-state index in [1.807, 2.05) is 62.4 Å². The predicted octanol–water partition coefficient (Wildman–Crippen LogP) is 2.81. The van der Waals surface area contributed by atoms with Gasteiger partial charge in [-0.15, -0.1) is 0 Å². The van der Waals surface area contributed by atoms with E-state index in [1.165, 1.54) is 5.56 Å². The summed E-state index contributed by atoms with van der Waals surface area (Å²) in [6.07, 6.45) is 1.80. The molecule has 1 aliphatic rings. The molecule has 0 unspecified atom stereocenters. The highest BCUT2D eigenvalue weighted by Gasteiger charge is 2.35. The Morgan fingerprint density at radius 2 is 1.92 bits per heavy atom. The minimum atomic E-state index is -0.387. The molecule has 0 spiro atoms. The van der Waals surface area contributed by atoms with E-state index in [0.29, 0.717) is 6.54 Å². The molecule has 1 saturated heterocycles. The second-order valence-corrected chi connectivity index (χ2v) is 6.32. The Bertz CT molecular complexity index is 815.